The molecule has 0 aromatic carbocycles. The van der Waals surface area contributed by atoms with E-state index in [-0.39, 0.29) is 23.6 Å². The lowest BCUT2D eigenvalue weighted by Gasteiger charge is -2.31. The van der Waals surface area contributed by atoms with E-state index in [1.165, 1.54) is 0 Å². The Hall–Kier alpha value is -1.56. The van der Waals surface area contributed by atoms with Crippen LogP contribution in [0, 0.1) is 19.3 Å². The number of nitrogens with one attached hydrogen (secondary N) is 2. The number of rotatable bonds is 4. The second-order valence-corrected chi connectivity index (χ2v) is 7.48. The van der Waals surface area contributed by atoms with E-state index >= 15 is 0 Å². The monoisotopic (exact) mass is 322 g/mol. The molecule has 0 spiro atoms. The molecule has 2 heterocycles. The standard InChI is InChI=1S/C17H30N4O2/c1-11-15(12(2)20-19-11)13-8-7-9-21(13)16(22)18-10-14(23-6)17(3,4)5/h13-14H,7-10H2,1-6H3,(H,18,22)(H,19,20). The third-order valence-corrected chi connectivity index (χ3v) is 4.72. The highest BCUT2D eigenvalue weighted by Gasteiger charge is 2.33. The average Bonchev–Trinajstić information content (AvgIpc) is 3.04. The van der Waals surface area contributed by atoms with Gasteiger partial charge in [-0.1, -0.05) is 20.8 Å². The summed E-state index contributed by atoms with van der Waals surface area (Å²) in [5, 5.41) is 10.3. The summed E-state index contributed by atoms with van der Waals surface area (Å²) in [4.78, 5) is 14.6. The lowest BCUT2D eigenvalue weighted by molar-refractivity contribution is 0.0184. The summed E-state index contributed by atoms with van der Waals surface area (Å²) in [5.41, 5.74) is 3.19. The molecule has 2 unspecified atom stereocenters. The van der Waals surface area contributed by atoms with Gasteiger partial charge in [0.25, 0.3) is 0 Å². The molecule has 0 aliphatic carbocycles. The first-order chi connectivity index (χ1) is 10.8. The van der Waals surface area contributed by atoms with Crippen LogP contribution in [-0.4, -0.2) is 47.4 Å². The molecule has 2 amide bonds. The van der Waals surface area contributed by atoms with Crippen molar-refractivity contribution < 1.29 is 9.53 Å². The Kier molecular flexibility index (Phi) is 5.34. The van der Waals surface area contributed by atoms with Gasteiger partial charge in [-0.2, -0.15) is 5.10 Å². The van der Waals surface area contributed by atoms with Crippen LogP contribution in [0.15, 0.2) is 0 Å². The number of hydrogen-bond donors (Lipinski definition) is 2. The second-order valence-electron chi connectivity index (χ2n) is 7.48. The van der Waals surface area contributed by atoms with Gasteiger partial charge in [0.1, 0.15) is 0 Å². The zero-order valence-electron chi connectivity index (χ0n) is 15.2. The highest BCUT2D eigenvalue weighted by molar-refractivity contribution is 5.75. The summed E-state index contributed by atoms with van der Waals surface area (Å²) in [7, 11) is 1.69. The smallest absolute Gasteiger partial charge is 0.318 e. The fraction of sp³-hybridized carbons (Fsp3) is 0.765. The lowest BCUT2D eigenvalue weighted by Crippen LogP contribution is -2.46. The summed E-state index contributed by atoms with van der Waals surface area (Å²) < 4.78 is 5.52. The average molecular weight is 322 g/mol. The molecule has 1 fully saturated rings. The lowest BCUT2D eigenvalue weighted by atomic mass is 9.89. The Balaban J connectivity index is 2.04. The molecule has 0 saturated carbocycles. The molecular formula is C17H30N4O2. The summed E-state index contributed by atoms with van der Waals surface area (Å²) in [6.07, 6.45) is 2.00. The number of amides is 2. The van der Waals surface area contributed by atoms with E-state index in [1.807, 2.05) is 18.7 Å². The van der Waals surface area contributed by atoms with Crippen LogP contribution in [0.4, 0.5) is 4.79 Å². The van der Waals surface area contributed by atoms with Crippen molar-refractivity contribution in [3.63, 3.8) is 0 Å². The van der Waals surface area contributed by atoms with Gasteiger partial charge in [0.2, 0.25) is 0 Å². The van der Waals surface area contributed by atoms with Gasteiger partial charge in [-0.15, -0.1) is 0 Å². The number of aromatic amines is 1. The van der Waals surface area contributed by atoms with Gasteiger partial charge in [-0.3, -0.25) is 5.10 Å². The van der Waals surface area contributed by atoms with Crippen molar-refractivity contribution in [2.45, 2.75) is 59.6 Å². The number of urea groups is 1. The molecule has 130 valence electrons. The first-order valence-electron chi connectivity index (χ1n) is 8.34. The molecule has 1 aliphatic heterocycles. The van der Waals surface area contributed by atoms with E-state index in [9.17, 15) is 4.79 Å². The van der Waals surface area contributed by atoms with Crippen molar-refractivity contribution in [1.82, 2.24) is 20.4 Å². The number of aromatic nitrogens is 2. The van der Waals surface area contributed by atoms with Crippen molar-refractivity contribution in [3.05, 3.63) is 17.0 Å². The molecule has 1 saturated heterocycles. The summed E-state index contributed by atoms with van der Waals surface area (Å²) >= 11 is 0. The highest BCUT2D eigenvalue weighted by Crippen LogP contribution is 2.34. The van der Waals surface area contributed by atoms with Gasteiger partial charge >= 0.3 is 6.03 Å². The molecule has 0 radical (unpaired) electrons. The number of ether oxygens (including phenoxy) is 1. The molecule has 1 aromatic rings. The first kappa shape index (κ1) is 17.8. The van der Waals surface area contributed by atoms with Crippen molar-refractivity contribution in [2.75, 3.05) is 20.2 Å². The van der Waals surface area contributed by atoms with Crippen molar-refractivity contribution in [2.24, 2.45) is 5.41 Å². The molecule has 2 rings (SSSR count). The van der Waals surface area contributed by atoms with Crippen molar-refractivity contribution in [1.29, 1.82) is 0 Å². The fourth-order valence-electron chi connectivity index (χ4n) is 3.39. The number of aryl methyl sites for hydroxylation is 2. The number of nitrogens with zero attached hydrogens (tertiary/aromatic N) is 2. The predicted molar refractivity (Wildman–Crippen MR) is 90.4 cm³/mol. The van der Waals surface area contributed by atoms with Gasteiger partial charge in [0, 0.05) is 31.5 Å². The maximum absolute atomic E-state index is 12.6. The second kappa shape index (κ2) is 6.91. The van der Waals surface area contributed by atoms with E-state index in [4.69, 9.17) is 4.74 Å². The molecule has 1 aromatic heterocycles. The topological polar surface area (TPSA) is 70.2 Å². The summed E-state index contributed by atoms with van der Waals surface area (Å²) in [5.74, 6) is 0. The van der Waals surface area contributed by atoms with Crippen LogP contribution in [0.2, 0.25) is 0 Å². The van der Waals surface area contributed by atoms with Gasteiger partial charge < -0.3 is 15.0 Å². The van der Waals surface area contributed by atoms with Crippen LogP contribution < -0.4 is 5.32 Å². The summed E-state index contributed by atoms with van der Waals surface area (Å²) in [6.45, 7) is 11.7. The first-order valence-corrected chi connectivity index (χ1v) is 8.34. The SMILES string of the molecule is COC(CNC(=O)N1CCCC1c1c(C)n[nH]c1C)C(C)(C)C. The summed E-state index contributed by atoms with van der Waals surface area (Å²) in [6, 6.07) is 0.100. The normalized spacial score (nSPS) is 19.9. The van der Waals surface area contributed by atoms with E-state index < -0.39 is 0 Å². The predicted octanol–water partition coefficient (Wildman–Crippen LogP) is 2.93. The Bertz CT molecular complexity index is 528. The van der Waals surface area contributed by atoms with E-state index in [0.29, 0.717) is 6.54 Å². The molecule has 2 N–H and O–H groups in total. The van der Waals surface area contributed by atoms with Gasteiger partial charge in [-0.25, -0.2) is 4.79 Å². The molecule has 1 aliphatic rings. The molecule has 6 heteroatoms. The van der Waals surface area contributed by atoms with Gasteiger partial charge in [0.05, 0.1) is 17.8 Å². The van der Waals surface area contributed by atoms with E-state index in [0.717, 1.165) is 36.3 Å². The van der Waals surface area contributed by atoms with Crippen LogP contribution >= 0.6 is 0 Å². The number of likely N-dealkylation sites (tertiary alicyclic amines) is 1. The molecule has 0 bridgehead atoms. The third-order valence-electron chi connectivity index (χ3n) is 4.72. The number of carbonyl (C=O) groups excluding carboxylic acids is 1. The molecule has 23 heavy (non-hydrogen) atoms. The van der Waals surface area contributed by atoms with Crippen LogP contribution in [-0.2, 0) is 4.74 Å². The van der Waals surface area contributed by atoms with Crippen molar-refractivity contribution in [3.8, 4) is 0 Å². The maximum atomic E-state index is 12.6. The van der Waals surface area contributed by atoms with Crippen LogP contribution in [0.5, 0.6) is 0 Å². The zero-order chi connectivity index (χ0) is 17.2. The van der Waals surface area contributed by atoms with Gasteiger partial charge in [0.15, 0.2) is 0 Å². The third kappa shape index (κ3) is 3.86. The fourth-order valence-corrected chi connectivity index (χ4v) is 3.39. The zero-order valence-corrected chi connectivity index (χ0v) is 15.2. The van der Waals surface area contributed by atoms with Crippen molar-refractivity contribution >= 4 is 6.03 Å². The molecule has 6 nitrogen and oxygen atoms in total. The van der Waals surface area contributed by atoms with Crippen LogP contribution in [0.3, 0.4) is 0 Å². The molecule has 2 atom stereocenters. The van der Waals surface area contributed by atoms with Crippen LogP contribution in [0.1, 0.15) is 56.6 Å². The van der Waals surface area contributed by atoms with Crippen LogP contribution in [0.25, 0.3) is 0 Å². The van der Waals surface area contributed by atoms with E-state index in [2.05, 4.69) is 36.3 Å². The maximum Gasteiger partial charge on any atom is 0.318 e. The largest absolute Gasteiger partial charge is 0.379 e. The quantitative estimate of drug-likeness (QED) is 0.895. The minimum absolute atomic E-state index is 0.00935. The van der Waals surface area contributed by atoms with Gasteiger partial charge in [-0.05, 0) is 32.1 Å². The number of methoxy groups -OCH3 is 1. The Morgan fingerprint density at radius 3 is 2.70 bits per heavy atom. The minimum Gasteiger partial charge on any atom is -0.379 e. The Morgan fingerprint density at radius 1 is 1.48 bits per heavy atom. The number of H-pyrrole nitrogens is 1. The number of hydrogen-bond acceptors (Lipinski definition) is 3. The Labute approximate surface area is 139 Å². The highest BCUT2D eigenvalue weighted by atomic mass is 16.5. The molecular weight excluding hydrogens is 292 g/mol. The number of carbonyl (C=O) groups is 1. The van der Waals surface area contributed by atoms with E-state index in [1.54, 1.807) is 7.11 Å². The Morgan fingerprint density at radius 2 is 2.17 bits per heavy atom. The minimum atomic E-state index is -0.0150.